The Morgan fingerprint density at radius 1 is 1.07 bits per heavy atom. The van der Waals surface area contributed by atoms with Crippen molar-refractivity contribution in [3.63, 3.8) is 0 Å². The molecule has 6 rings (SSSR count). The van der Waals surface area contributed by atoms with Crippen LogP contribution in [-0.4, -0.2) is 80.8 Å². The van der Waals surface area contributed by atoms with Gasteiger partial charge in [-0.15, -0.1) is 0 Å². The van der Waals surface area contributed by atoms with Crippen LogP contribution < -0.4 is 5.56 Å². The highest BCUT2D eigenvalue weighted by Gasteiger charge is 2.39. The summed E-state index contributed by atoms with van der Waals surface area (Å²) in [5.74, 6) is 0.333. The van der Waals surface area contributed by atoms with Crippen LogP contribution in [0.2, 0.25) is 0 Å². The third kappa shape index (κ3) is 5.18. The number of benzene rings is 2. The van der Waals surface area contributed by atoms with Crippen molar-refractivity contribution in [2.45, 2.75) is 42.7 Å². The quantitative estimate of drug-likeness (QED) is 0.357. The van der Waals surface area contributed by atoms with E-state index in [1.54, 1.807) is 22.9 Å². The second-order valence-electron chi connectivity index (χ2n) is 11.2. The summed E-state index contributed by atoms with van der Waals surface area (Å²) in [6, 6.07) is 14.2. The molecule has 1 saturated carbocycles. The number of likely N-dealkylation sites (tertiary alicyclic amines) is 1. The van der Waals surface area contributed by atoms with Crippen molar-refractivity contribution in [1.82, 2.24) is 28.5 Å². The number of carbonyl (C=O) groups excluding carboxylic acids is 1. The van der Waals surface area contributed by atoms with E-state index in [0.717, 1.165) is 24.0 Å². The molecule has 1 N–H and O–H groups in total. The van der Waals surface area contributed by atoms with Gasteiger partial charge in [0.25, 0.3) is 5.56 Å². The maximum absolute atomic E-state index is 13.3. The molecule has 1 saturated heterocycles. The van der Waals surface area contributed by atoms with Crippen LogP contribution in [0.3, 0.4) is 0 Å². The first-order chi connectivity index (χ1) is 19.6. The van der Waals surface area contributed by atoms with Gasteiger partial charge >= 0.3 is 0 Å². The van der Waals surface area contributed by atoms with Gasteiger partial charge in [0.1, 0.15) is 11.7 Å². The van der Waals surface area contributed by atoms with Gasteiger partial charge < -0.3 is 10.0 Å². The van der Waals surface area contributed by atoms with Gasteiger partial charge in [-0.05, 0) is 61.1 Å². The minimum Gasteiger partial charge on any atom is -0.388 e. The number of aromatic nitrogens is 4. The molecular formula is C29H32N6O5S. The average molecular weight is 577 g/mol. The largest absolute Gasteiger partial charge is 0.388 e. The normalized spacial score (nSPS) is 17.3. The molecular weight excluding hydrogens is 544 g/mol. The molecule has 2 fully saturated rings. The fourth-order valence-corrected chi connectivity index (χ4v) is 6.25. The second-order valence-corrected chi connectivity index (χ2v) is 13.3. The minimum atomic E-state index is -3.56. The summed E-state index contributed by atoms with van der Waals surface area (Å²) in [6.45, 7) is 1.07. The number of amides is 1. The molecule has 0 atom stereocenters. The molecule has 3 heterocycles. The van der Waals surface area contributed by atoms with Crippen LogP contribution >= 0.6 is 0 Å². The highest BCUT2D eigenvalue weighted by atomic mass is 32.2. The number of rotatable bonds is 7. The maximum atomic E-state index is 13.3. The van der Waals surface area contributed by atoms with Gasteiger partial charge in [0, 0.05) is 33.1 Å². The summed E-state index contributed by atoms with van der Waals surface area (Å²) in [4.78, 5) is 32.2. The molecule has 2 aliphatic rings. The highest BCUT2D eigenvalue weighted by Crippen LogP contribution is 2.33. The van der Waals surface area contributed by atoms with Gasteiger partial charge in [0.05, 0.1) is 28.9 Å². The van der Waals surface area contributed by atoms with Gasteiger partial charge in [-0.25, -0.2) is 22.4 Å². The van der Waals surface area contributed by atoms with Crippen LogP contribution in [0.15, 0.2) is 70.7 Å². The van der Waals surface area contributed by atoms with E-state index < -0.39 is 15.6 Å². The van der Waals surface area contributed by atoms with Crippen molar-refractivity contribution in [2.24, 2.45) is 5.92 Å². The summed E-state index contributed by atoms with van der Waals surface area (Å²) in [5.41, 5.74) is 1.29. The summed E-state index contributed by atoms with van der Waals surface area (Å²) in [5, 5.41) is 15.9. The number of aliphatic hydroxyl groups is 1. The average Bonchev–Trinajstić information content (AvgIpc) is 3.73. The van der Waals surface area contributed by atoms with Crippen molar-refractivity contribution in [2.75, 3.05) is 27.2 Å². The van der Waals surface area contributed by atoms with Crippen LogP contribution in [-0.2, 0) is 21.4 Å². The SMILES string of the molecule is CN(C)S(=O)(=O)c1cccc(-c2ccc(-n3ncc4c(=O)n(CC5(O)CCN(C(=O)C6CC6)CC5)cnc43)cc2)c1. The molecule has 2 aromatic carbocycles. The lowest BCUT2D eigenvalue weighted by molar-refractivity contribution is -0.137. The van der Waals surface area contributed by atoms with Crippen molar-refractivity contribution < 1.29 is 18.3 Å². The molecule has 0 radical (unpaired) electrons. The lowest BCUT2D eigenvalue weighted by Gasteiger charge is -2.38. The van der Waals surface area contributed by atoms with Gasteiger partial charge in [-0.1, -0.05) is 24.3 Å². The highest BCUT2D eigenvalue weighted by molar-refractivity contribution is 7.89. The van der Waals surface area contributed by atoms with Crippen LogP contribution in [0.25, 0.3) is 27.8 Å². The number of hydrogen-bond donors (Lipinski definition) is 1. The van der Waals surface area contributed by atoms with E-state index in [-0.39, 0.29) is 28.8 Å². The van der Waals surface area contributed by atoms with Gasteiger partial charge in [0.2, 0.25) is 15.9 Å². The number of carbonyl (C=O) groups is 1. The molecule has 11 nitrogen and oxygen atoms in total. The van der Waals surface area contributed by atoms with Crippen molar-refractivity contribution in [3.8, 4) is 16.8 Å². The smallest absolute Gasteiger partial charge is 0.264 e. The first-order valence-electron chi connectivity index (χ1n) is 13.6. The van der Waals surface area contributed by atoms with Crippen molar-refractivity contribution in [1.29, 1.82) is 0 Å². The van der Waals surface area contributed by atoms with E-state index in [1.165, 1.54) is 35.5 Å². The Kier molecular flexibility index (Phi) is 6.79. The van der Waals surface area contributed by atoms with Crippen LogP contribution in [0.1, 0.15) is 25.7 Å². The Bertz CT molecular complexity index is 1780. The number of piperidine rings is 1. The second kappa shape index (κ2) is 10.2. The van der Waals surface area contributed by atoms with Gasteiger partial charge in [-0.3, -0.25) is 14.2 Å². The molecule has 2 aromatic heterocycles. The zero-order chi connectivity index (χ0) is 28.9. The number of fused-ring (bicyclic) bond motifs is 1. The molecule has 1 amide bonds. The van der Waals surface area contributed by atoms with E-state index in [2.05, 4.69) is 10.1 Å². The van der Waals surface area contributed by atoms with Gasteiger partial charge in [0.15, 0.2) is 5.65 Å². The predicted octanol–water partition coefficient (Wildman–Crippen LogP) is 2.26. The van der Waals surface area contributed by atoms with Crippen LogP contribution in [0.4, 0.5) is 0 Å². The number of hydrogen-bond acceptors (Lipinski definition) is 7. The van der Waals surface area contributed by atoms with Crippen molar-refractivity contribution in [3.05, 3.63) is 71.4 Å². The van der Waals surface area contributed by atoms with Crippen LogP contribution in [0.5, 0.6) is 0 Å². The van der Waals surface area contributed by atoms with E-state index in [9.17, 15) is 23.1 Å². The van der Waals surface area contributed by atoms with E-state index in [0.29, 0.717) is 42.7 Å². The zero-order valence-corrected chi connectivity index (χ0v) is 23.8. The molecule has 12 heteroatoms. The third-order valence-corrected chi connectivity index (χ3v) is 9.82. The molecule has 41 heavy (non-hydrogen) atoms. The lowest BCUT2D eigenvalue weighted by atomic mass is 9.91. The maximum Gasteiger partial charge on any atom is 0.264 e. The van der Waals surface area contributed by atoms with Crippen molar-refractivity contribution >= 4 is 27.0 Å². The van der Waals surface area contributed by atoms with E-state index >= 15 is 0 Å². The fraction of sp³-hybridized carbons (Fsp3) is 0.379. The molecule has 4 aromatic rings. The first-order valence-corrected chi connectivity index (χ1v) is 15.1. The minimum absolute atomic E-state index is 0.0999. The van der Waals surface area contributed by atoms with E-state index in [1.807, 2.05) is 35.2 Å². The summed E-state index contributed by atoms with van der Waals surface area (Å²) < 4.78 is 29.3. The molecule has 0 spiro atoms. The topological polar surface area (TPSA) is 131 Å². The molecule has 214 valence electrons. The Hall–Kier alpha value is -3.87. The summed E-state index contributed by atoms with van der Waals surface area (Å²) >= 11 is 0. The first kappa shape index (κ1) is 27.3. The van der Waals surface area contributed by atoms with Crippen LogP contribution in [0, 0.1) is 5.92 Å². The molecule has 0 unspecified atom stereocenters. The Morgan fingerprint density at radius 3 is 2.44 bits per heavy atom. The Balaban J connectivity index is 1.21. The predicted molar refractivity (Wildman–Crippen MR) is 153 cm³/mol. The molecule has 1 aliphatic heterocycles. The van der Waals surface area contributed by atoms with Gasteiger partial charge in [-0.2, -0.15) is 5.10 Å². The lowest BCUT2D eigenvalue weighted by Crippen LogP contribution is -2.50. The third-order valence-electron chi connectivity index (χ3n) is 8.01. The monoisotopic (exact) mass is 576 g/mol. The van der Waals surface area contributed by atoms with E-state index in [4.69, 9.17) is 0 Å². The number of nitrogens with zero attached hydrogens (tertiary/aromatic N) is 6. The summed E-state index contributed by atoms with van der Waals surface area (Å²) in [6.07, 6.45) is 5.64. The fourth-order valence-electron chi connectivity index (χ4n) is 5.30. The molecule has 1 aliphatic carbocycles. The standard InChI is InChI=1S/C29H32N6O5S/c1-32(2)41(39,40)24-5-3-4-22(16-24)20-8-10-23(11-9-20)35-26-25(17-31-35)28(37)34(19-30-26)18-29(38)12-14-33(15-13-29)27(36)21-6-7-21/h3-5,8-11,16-17,19,21,38H,6-7,12-15,18H2,1-2H3. The Morgan fingerprint density at radius 2 is 1.78 bits per heavy atom. The zero-order valence-electron chi connectivity index (χ0n) is 23.0. The molecule has 0 bridgehead atoms. The summed E-state index contributed by atoms with van der Waals surface area (Å²) in [7, 11) is -0.559. The Labute approximate surface area is 237 Å². The number of sulfonamides is 1.